The summed E-state index contributed by atoms with van der Waals surface area (Å²) in [4.78, 5) is 4.27. The Hall–Kier alpha value is -2.65. The van der Waals surface area contributed by atoms with Gasteiger partial charge in [-0.05, 0) is 42.7 Å². The number of nitrogens with two attached hydrogens (primary N) is 1. The molecule has 0 heterocycles. The van der Waals surface area contributed by atoms with Gasteiger partial charge >= 0.3 is 0 Å². The first-order valence-corrected chi connectivity index (χ1v) is 10.8. The summed E-state index contributed by atoms with van der Waals surface area (Å²) in [6, 6.07) is 12.5. The summed E-state index contributed by atoms with van der Waals surface area (Å²) in [6.45, 7) is 3.11. The lowest BCUT2D eigenvalue weighted by molar-refractivity contribution is 0.199. The van der Waals surface area contributed by atoms with Gasteiger partial charge in [0.2, 0.25) is 10.0 Å². The van der Waals surface area contributed by atoms with Crippen molar-refractivity contribution in [1.29, 1.82) is 0 Å². The zero-order valence-electron chi connectivity index (χ0n) is 16.6. The number of nitrogens with one attached hydrogen (secondary N) is 2. The molecule has 4 N–H and O–H groups in total. The molecule has 0 saturated heterocycles. The minimum absolute atomic E-state index is 0.0931. The van der Waals surface area contributed by atoms with E-state index in [1.165, 1.54) is 24.3 Å². The summed E-state index contributed by atoms with van der Waals surface area (Å²) >= 11 is 0. The fraction of sp³-hybridized carbons (Fsp3) is 0.350. The Kier molecular flexibility index (Phi) is 8.41. The Morgan fingerprint density at radius 3 is 2.52 bits per heavy atom. The van der Waals surface area contributed by atoms with Crippen molar-refractivity contribution in [2.24, 2.45) is 10.1 Å². The van der Waals surface area contributed by atoms with Gasteiger partial charge in [0, 0.05) is 19.7 Å². The zero-order chi connectivity index (χ0) is 21.3. The van der Waals surface area contributed by atoms with Crippen LogP contribution in [0.5, 0.6) is 5.75 Å². The van der Waals surface area contributed by atoms with Crippen molar-refractivity contribution in [3.63, 3.8) is 0 Å². The maximum Gasteiger partial charge on any atom is 0.238 e. The number of rotatable bonds is 9. The quantitative estimate of drug-likeness (QED) is 0.424. The molecule has 9 heteroatoms. The number of sulfonamides is 1. The van der Waals surface area contributed by atoms with Gasteiger partial charge in [0.05, 0.1) is 11.4 Å². The first-order valence-electron chi connectivity index (χ1n) is 9.30. The van der Waals surface area contributed by atoms with Gasteiger partial charge in [-0.2, -0.15) is 0 Å². The fourth-order valence-electron chi connectivity index (χ4n) is 2.60. The van der Waals surface area contributed by atoms with E-state index in [2.05, 4.69) is 15.6 Å². The minimum atomic E-state index is -3.68. The molecule has 0 aromatic heterocycles. The molecule has 0 amide bonds. The van der Waals surface area contributed by atoms with Crippen molar-refractivity contribution in [2.75, 3.05) is 20.1 Å². The van der Waals surface area contributed by atoms with E-state index in [-0.39, 0.29) is 16.8 Å². The van der Waals surface area contributed by atoms with Gasteiger partial charge in [0.25, 0.3) is 0 Å². The van der Waals surface area contributed by atoms with E-state index in [0.29, 0.717) is 31.2 Å². The summed E-state index contributed by atoms with van der Waals surface area (Å²) in [5.74, 6) is 0.775. The lowest BCUT2D eigenvalue weighted by Crippen LogP contribution is -2.43. The first kappa shape index (κ1) is 22.6. The molecule has 0 aliphatic heterocycles. The predicted molar refractivity (Wildman–Crippen MR) is 112 cm³/mol. The van der Waals surface area contributed by atoms with Gasteiger partial charge in [-0.1, -0.05) is 25.1 Å². The van der Waals surface area contributed by atoms with Crippen molar-refractivity contribution in [3.05, 3.63) is 59.9 Å². The van der Waals surface area contributed by atoms with Crippen LogP contribution in [0.2, 0.25) is 0 Å². The number of hydrogen-bond acceptors (Lipinski definition) is 4. The molecular formula is C20H27FN4O3S. The van der Waals surface area contributed by atoms with E-state index in [4.69, 9.17) is 9.88 Å². The average Bonchev–Trinajstić information content (AvgIpc) is 2.69. The average molecular weight is 423 g/mol. The molecule has 0 bridgehead atoms. The van der Waals surface area contributed by atoms with Crippen LogP contribution < -0.4 is 20.5 Å². The Balaban J connectivity index is 1.79. The highest BCUT2D eigenvalue weighted by Gasteiger charge is 2.10. The van der Waals surface area contributed by atoms with E-state index >= 15 is 0 Å². The van der Waals surface area contributed by atoms with E-state index in [1.807, 2.05) is 6.92 Å². The molecule has 0 aliphatic rings. The number of guanidine groups is 1. The van der Waals surface area contributed by atoms with Crippen molar-refractivity contribution in [1.82, 2.24) is 10.6 Å². The molecule has 1 atom stereocenters. The Morgan fingerprint density at radius 1 is 1.21 bits per heavy atom. The topological polar surface area (TPSA) is 106 Å². The molecule has 0 saturated carbocycles. The summed E-state index contributed by atoms with van der Waals surface area (Å²) in [5, 5.41) is 11.5. The van der Waals surface area contributed by atoms with Crippen molar-refractivity contribution in [3.8, 4) is 5.75 Å². The molecule has 7 nitrogen and oxygen atoms in total. The highest BCUT2D eigenvalue weighted by atomic mass is 32.2. The van der Waals surface area contributed by atoms with Crippen molar-refractivity contribution < 1.29 is 17.5 Å². The molecule has 0 fully saturated rings. The monoisotopic (exact) mass is 422 g/mol. The van der Waals surface area contributed by atoms with Gasteiger partial charge in [-0.3, -0.25) is 4.99 Å². The largest absolute Gasteiger partial charge is 0.489 e. The minimum Gasteiger partial charge on any atom is -0.489 e. The van der Waals surface area contributed by atoms with Crippen LogP contribution in [0, 0.1) is 5.82 Å². The summed E-state index contributed by atoms with van der Waals surface area (Å²) in [5.41, 5.74) is 0.973. The van der Waals surface area contributed by atoms with Crippen molar-refractivity contribution in [2.45, 2.75) is 30.8 Å². The van der Waals surface area contributed by atoms with E-state index in [9.17, 15) is 12.8 Å². The highest BCUT2D eigenvalue weighted by molar-refractivity contribution is 7.89. The molecule has 158 valence electrons. The molecule has 0 aliphatic carbocycles. The summed E-state index contributed by atoms with van der Waals surface area (Å²) < 4.78 is 41.7. The van der Waals surface area contributed by atoms with Crippen LogP contribution in [0.3, 0.4) is 0 Å². The fourth-order valence-corrected chi connectivity index (χ4v) is 3.12. The summed E-state index contributed by atoms with van der Waals surface area (Å²) in [7, 11) is -2.01. The van der Waals surface area contributed by atoms with Crippen molar-refractivity contribution >= 4 is 16.0 Å². The molecule has 2 aromatic carbocycles. The molecule has 1 unspecified atom stereocenters. The first-order chi connectivity index (χ1) is 13.8. The number of primary sulfonamides is 1. The molecule has 29 heavy (non-hydrogen) atoms. The number of ether oxygens (including phenoxy) is 1. The highest BCUT2D eigenvalue weighted by Crippen LogP contribution is 2.14. The predicted octanol–water partition coefficient (Wildman–Crippen LogP) is 2.04. The van der Waals surface area contributed by atoms with Gasteiger partial charge < -0.3 is 15.4 Å². The second-order valence-electron chi connectivity index (χ2n) is 6.42. The van der Waals surface area contributed by atoms with Crippen LogP contribution >= 0.6 is 0 Å². The standard InChI is InChI=1S/C20H27FN4O3S/c1-3-17(28-18-6-4-5-16(21)13-18)14-25-20(23-2)24-12-11-15-7-9-19(10-8-15)29(22,26)27/h4-10,13,17H,3,11-12,14H2,1-2H3,(H2,22,26,27)(H2,23,24,25). The van der Waals surface area contributed by atoms with Crippen LogP contribution in [0.1, 0.15) is 18.9 Å². The molecular weight excluding hydrogens is 395 g/mol. The Morgan fingerprint density at radius 2 is 1.93 bits per heavy atom. The van der Waals surface area contributed by atoms with Crippen LogP contribution in [0.15, 0.2) is 58.4 Å². The number of aliphatic imine (C=N–C) groups is 1. The van der Waals surface area contributed by atoms with E-state index in [1.54, 1.807) is 31.3 Å². The Bertz CT molecular complexity index is 918. The molecule has 2 rings (SSSR count). The van der Waals surface area contributed by atoms with Crippen LogP contribution in [-0.2, 0) is 16.4 Å². The second-order valence-corrected chi connectivity index (χ2v) is 7.99. The number of hydrogen-bond donors (Lipinski definition) is 3. The van der Waals surface area contributed by atoms with Gasteiger partial charge in [-0.25, -0.2) is 17.9 Å². The van der Waals surface area contributed by atoms with Crippen LogP contribution in [0.25, 0.3) is 0 Å². The molecule has 0 radical (unpaired) electrons. The van der Waals surface area contributed by atoms with E-state index in [0.717, 1.165) is 12.0 Å². The lowest BCUT2D eigenvalue weighted by Gasteiger charge is -2.20. The number of benzene rings is 2. The van der Waals surface area contributed by atoms with Crippen LogP contribution in [-0.4, -0.2) is 40.6 Å². The molecule has 2 aromatic rings. The second kappa shape index (κ2) is 10.8. The third-order valence-electron chi connectivity index (χ3n) is 4.23. The maximum absolute atomic E-state index is 13.3. The number of halogens is 1. The normalized spacial score (nSPS) is 13.0. The SMILES string of the molecule is CCC(CNC(=NC)NCCc1ccc(S(N)(=O)=O)cc1)Oc1cccc(F)c1. The van der Waals surface area contributed by atoms with Crippen LogP contribution in [0.4, 0.5) is 4.39 Å². The lowest BCUT2D eigenvalue weighted by atomic mass is 10.1. The zero-order valence-corrected chi connectivity index (χ0v) is 17.4. The maximum atomic E-state index is 13.3. The van der Waals surface area contributed by atoms with Gasteiger partial charge in [-0.15, -0.1) is 0 Å². The third-order valence-corrected chi connectivity index (χ3v) is 5.16. The molecule has 0 spiro atoms. The third kappa shape index (κ3) is 7.71. The van der Waals surface area contributed by atoms with Gasteiger partial charge in [0.15, 0.2) is 5.96 Å². The summed E-state index contributed by atoms with van der Waals surface area (Å²) in [6.07, 6.45) is 1.29. The Labute approximate surface area is 171 Å². The number of nitrogens with zero attached hydrogens (tertiary/aromatic N) is 1. The smallest absolute Gasteiger partial charge is 0.238 e. The van der Waals surface area contributed by atoms with Gasteiger partial charge in [0.1, 0.15) is 17.7 Å². The van der Waals surface area contributed by atoms with E-state index < -0.39 is 10.0 Å².